The Morgan fingerprint density at radius 3 is 2.42 bits per heavy atom. The minimum atomic E-state index is -3.87. The molecule has 8 heteroatoms. The summed E-state index contributed by atoms with van der Waals surface area (Å²) in [6, 6.07) is 3.13. The third-order valence-electron chi connectivity index (χ3n) is 5.26. The van der Waals surface area contributed by atoms with Crippen LogP contribution in [-0.4, -0.2) is 42.5 Å². The van der Waals surface area contributed by atoms with Crippen LogP contribution in [0.1, 0.15) is 51.5 Å². The molecule has 1 aliphatic heterocycles. The van der Waals surface area contributed by atoms with Crippen molar-refractivity contribution in [2.24, 2.45) is 5.14 Å². The Kier molecular flexibility index (Phi) is 4.90. The van der Waals surface area contributed by atoms with Crippen molar-refractivity contribution >= 4 is 15.9 Å². The van der Waals surface area contributed by atoms with Gasteiger partial charge in [-0.05, 0) is 68.4 Å². The number of nitrogens with two attached hydrogens (primary N) is 1. The summed E-state index contributed by atoms with van der Waals surface area (Å²) >= 11 is 0. The van der Waals surface area contributed by atoms with Crippen LogP contribution in [0.3, 0.4) is 0 Å². The first-order valence-electron chi connectivity index (χ1n) is 8.61. The van der Waals surface area contributed by atoms with E-state index in [4.69, 9.17) is 5.14 Å². The highest BCUT2D eigenvalue weighted by atomic mass is 32.2. The van der Waals surface area contributed by atoms with Crippen molar-refractivity contribution < 1.29 is 13.2 Å². The van der Waals surface area contributed by atoms with E-state index in [9.17, 15) is 13.2 Å². The van der Waals surface area contributed by atoms with E-state index in [1.165, 1.54) is 11.6 Å². The number of aryl methyl sites for hydroxylation is 2. The molecule has 3 N–H and O–H groups in total. The summed E-state index contributed by atoms with van der Waals surface area (Å²) in [5, 5.41) is 12.3. The number of likely N-dealkylation sites (tertiary alicyclic amines) is 1. The first-order chi connectivity index (χ1) is 12.2. The van der Waals surface area contributed by atoms with Crippen molar-refractivity contribution in [3.8, 4) is 0 Å². The fourth-order valence-corrected chi connectivity index (χ4v) is 4.47. The maximum absolute atomic E-state index is 12.9. The fraction of sp³-hybridized carbons (Fsp3) is 0.444. The number of amides is 1. The van der Waals surface area contributed by atoms with Crippen LogP contribution < -0.4 is 5.14 Å². The molecule has 0 saturated carbocycles. The number of carbonyl (C=O) groups is 1. The average Bonchev–Trinajstić information content (AvgIpc) is 3.01. The lowest BCUT2D eigenvalue weighted by Gasteiger charge is -2.32. The molecule has 7 nitrogen and oxygen atoms in total. The number of carbonyl (C=O) groups excluding carboxylic acids is 1. The second-order valence-electron chi connectivity index (χ2n) is 6.98. The smallest absolute Gasteiger partial charge is 0.253 e. The standard InChI is InChI=1S/C18H24N4O3S/c1-11-8-15(9-17(12(11)2)26(19,24)25)18(23)22-6-4-14(5-7-22)16-10-20-21-13(16)3/h8-10,14H,4-7H2,1-3H3,(H,20,21)(H2,19,24,25). The number of benzene rings is 1. The van der Waals surface area contributed by atoms with Gasteiger partial charge in [0.2, 0.25) is 10.0 Å². The molecular formula is C18H24N4O3S. The molecule has 2 aromatic rings. The minimum absolute atomic E-state index is 0.0183. The number of nitrogens with one attached hydrogen (secondary N) is 1. The summed E-state index contributed by atoms with van der Waals surface area (Å²) in [6.07, 6.45) is 3.58. The first-order valence-corrected chi connectivity index (χ1v) is 10.2. The van der Waals surface area contributed by atoms with Crippen molar-refractivity contribution in [3.05, 3.63) is 46.3 Å². The molecule has 1 saturated heterocycles. The molecule has 140 valence electrons. The number of piperidine rings is 1. The SMILES string of the molecule is Cc1cc(C(=O)N2CCC(c3cn[nH]c3C)CC2)cc(S(N)(=O)=O)c1C. The van der Waals surface area contributed by atoms with Gasteiger partial charge >= 0.3 is 0 Å². The normalized spacial score (nSPS) is 16.1. The maximum Gasteiger partial charge on any atom is 0.253 e. The Labute approximate surface area is 153 Å². The largest absolute Gasteiger partial charge is 0.339 e. The molecule has 0 spiro atoms. The molecule has 1 aromatic heterocycles. The van der Waals surface area contributed by atoms with Gasteiger partial charge in [-0.3, -0.25) is 9.89 Å². The molecule has 1 aromatic carbocycles. The molecule has 0 aliphatic carbocycles. The Morgan fingerprint density at radius 1 is 1.23 bits per heavy atom. The Hall–Kier alpha value is -2.19. The van der Waals surface area contributed by atoms with Crippen molar-refractivity contribution in [1.82, 2.24) is 15.1 Å². The van der Waals surface area contributed by atoms with Gasteiger partial charge in [0, 0.05) is 24.3 Å². The van der Waals surface area contributed by atoms with Gasteiger partial charge in [-0.1, -0.05) is 0 Å². The van der Waals surface area contributed by atoms with E-state index < -0.39 is 10.0 Å². The number of primary sulfonamides is 1. The lowest BCUT2D eigenvalue weighted by Crippen LogP contribution is -2.38. The topological polar surface area (TPSA) is 109 Å². The molecule has 1 fully saturated rings. The predicted octanol–water partition coefficient (Wildman–Crippen LogP) is 2.00. The number of nitrogens with zero attached hydrogens (tertiary/aromatic N) is 2. The maximum atomic E-state index is 12.9. The zero-order chi connectivity index (χ0) is 19.1. The molecule has 2 heterocycles. The van der Waals surface area contributed by atoms with E-state index in [-0.39, 0.29) is 10.8 Å². The highest BCUT2D eigenvalue weighted by molar-refractivity contribution is 7.89. The molecule has 0 bridgehead atoms. The summed E-state index contributed by atoms with van der Waals surface area (Å²) in [4.78, 5) is 14.7. The van der Waals surface area contributed by atoms with Gasteiger partial charge in [0.25, 0.3) is 5.91 Å². The molecule has 0 unspecified atom stereocenters. The Balaban J connectivity index is 1.79. The molecule has 3 rings (SSSR count). The second-order valence-corrected chi connectivity index (χ2v) is 8.51. The molecule has 0 radical (unpaired) electrons. The van der Waals surface area contributed by atoms with Gasteiger partial charge in [-0.25, -0.2) is 13.6 Å². The van der Waals surface area contributed by atoms with Gasteiger partial charge in [-0.2, -0.15) is 5.10 Å². The van der Waals surface area contributed by atoms with E-state index in [0.717, 1.165) is 24.1 Å². The van der Waals surface area contributed by atoms with Crippen LogP contribution in [0.2, 0.25) is 0 Å². The first kappa shape index (κ1) is 18.6. The van der Waals surface area contributed by atoms with E-state index in [1.807, 2.05) is 13.1 Å². The van der Waals surface area contributed by atoms with Crippen LogP contribution in [0.4, 0.5) is 0 Å². The van der Waals surface area contributed by atoms with Crippen LogP contribution in [0.5, 0.6) is 0 Å². The number of rotatable bonds is 3. The van der Waals surface area contributed by atoms with Crippen LogP contribution in [0, 0.1) is 20.8 Å². The molecular weight excluding hydrogens is 352 g/mol. The molecule has 1 amide bonds. The van der Waals surface area contributed by atoms with Crippen LogP contribution >= 0.6 is 0 Å². The van der Waals surface area contributed by atoms with Crippen molar-refractivity contribution in [2.45, 2.75) is 44.4 Å². The third-order valence-corrected chi connectivity index (χ3v) is 6.30. The molecule has 0 atom stereocenters. The van der Waals surface area contributed by atoms with Crippen molar-refractivity contribution in [1.29, 1.82) is 0 Å². The highest BCUT2D eigenvalue weighted by Gasteiger charge is 2.27. The molecule has 1 aliphatic rings. The summed E-state index contributed by atoms with van der Waals surface area (Å²) in [7, 11) is -3.87. The summed E-state index contributed by atoms with van der Waals surface area (Å²) in [5.41, 5.74) is 3.97. The summed E-state index contributed by atoms with van der Waals surface area (Å²) in [5.74, 6) is 0.234. The van der Waals surface area contributed by atoms with Crippen LogP contribution in [0.15, 0.2) is 23.2 Å². The van der Waals surface area contributed by atoms with Gasteiger partial charge in [-0.15, -0.1) is 0 Å². The highest BCUT2D eigenvalue weighted by Crippen LogP contribution is 2.30. The lowest BCUT2D eigenvalue weighted by molar-refractivity contribution is 0.0712. The Morgan fingerprint density at radius 2 is 1.88 bits per heavy atom. The average molecular weight is 376 g/mol. The lowest BCUT2D eigenvalue weighted by atomic mass is 9.89. The number of hydrogen-bond donors (Lipinski definition) is 2. The summed E-state index contributed by atoms with van der Waals surface area (Å²) < 4.78 is 23.6. The third kappa shape index (κ3) is 3.52. The van der Waals surface area contributed by atoms with Crippen molar-refractivity contribution in [2.75, 3.05) is 13.1 Å². The number of sulfonamides is 1. The van der Waals surface area contributed by atoms with E-state index in [0.29, 0.717) is 30.1 Å². The molecule has 26 heavy (non-hydrogen) atoms. The van der Waals surface area contributed by atoms with Gasteiger partial charge in [0.15, 0.2) is 0 Å². The summed E-state index contributed by atoms with van der Waals surface area (Å²) in [6.45, 7) is 6.75. The zero-order valence-corrected chi connectivity index (χ0v) is 16.1. The quantitative estimate of drug-likeness (QED) is 0.854. The minimum Gasteiger partial charge on any atom is -0.339 e. The van der Waals surface area contributed by atoms with Gasteiger partial charge in [0.05, 0.1) is 11.1 Å². The van der Waals surface area contributed by atoms with Crippen molar-refractivity contribution in [3.63, 3.8) is 0 Å². The van der Waals surface area contributed by atoms with Gasteiger partial charge < -0.3 is 4.90 Å². The van der Waals surface area contributed by atoms with Crippen LogP contribution in [-0.2, 0) is 10.0 Å². The Bertz CT molecular complexity index is 941. The van der Waals surface area contributed by atoms with E-state index >= 15 is 0 Å². The monoisotopic (exact) mass is 376 g/mol. The van der Waals surface area contributed by atoms with Crippen LogP contribution in [0.25, 0.3) is 0 Å². The van der Waals surface area contributed by atoms with E-state index in [2.05, 4.69) is 10.2 Å². The predicted molar refractivity (Wildman–Crippen MR) is 98.5 cm³/mol. The second kappa shape index (κ2) is 6.85. The zero-order valence-electron chi connectivity index (χ0n) is 15.2. The number of aromatic nitrogens is 2. The van der Waals surface area contributed by atoms with E-state index in [1.54, 1.807) is 24.8 Å². The number of H-pyrrole nitrogens is 1. The fourth-order valence-electron chi connectivity index (χ4n) is 3.59. The number of hydrogen-bond acceptors (Lipinski definition) is 4. The van der Waals surface area contributed by atoms with Gasteiger partial charge in [0.1, 0.15) is 0 Å². The number of aromatic amines is 1.